The molecule has 1 heterocycles. The molecule has 0 aromatic heterocycles. The number of allylic oxidation sites excluding steroid dienone is 1. The number of rotatable bonds is 5. The molecule has 0 radical (unpaired) electrons. The number of carbonyl (C=O) groups is 3. The lowest BCUT2D eigenvalue weighted by atomic mass is 9.58. The first-order valence-corrected chi connectivity index (χ1v) is 14.0. The average molecular weight is 610 g/mol. The Labute approximate surface area is 245 Å². The molecule has 1 fully saturated rings. The number of Topliss-reactive ketones (excluding diaryl/α,β-unsaturated/α-hetero) is 2. The van der Waals surface area contributed by atoms with Crippen LogP contribution in [-0.4, -0.2) is 92.4 Å². The van der Waals surface area contributed by atoms with Crippen molar-refractivity contribution in [1.82, 2.24) is 9.80 Å². The SMILES string of the molecule is CC(C)N1CCCC1c1cc(O)c2c(c1OC(F)(F)F)C[C@H]1C[C@H]3[C@H](N(C)C)C(O)=C(C(N)=O)C(=O)[C@@]3(O)C(O)=C1C2=O. The van der Waals surface area contributed by atoms with Crippen LogP contribution in [0.1, 0.15) is 60.6 Å². The third kappa shape index (κ3) is 4.57. The van der Waals surface area contributed by atoms with Crippen molar-refractivity contribution in [1.29, 1.82) is 0 Å². The maximum absolute atomic E-state index is 13.9. The van der Waals surface area contributed by atoms with Crippen LogP contribution in [-0.2, 0) is 16.0 Å². The van der Waals surface area contributed by atoms with E-state index in [1.807, 2.05) is 18.7 Å². The molecule has 0 spiro atoms. The van der Waals surface area contributed by atoms with Crippen molar-refractivity contribution in [2.75, 3.05) is 20.6 Å². The van der Waals surface area contributed by atoms with E-state index in [0.717, 1.165) is 6.07 Å². The summed E-state index contributed by atoms with van der Waals surface area (Å²) in [5, 5.41) is 45.1. The Hall–Kier alpha value is -3.62. The number of alkyl halides is 3. The molecule has 0 bridgehead atoms. The monoisotopic (exact) mass is 609 g/mol. The van der Waals surface area contributed by atoms with Crippen LogP contribution in [0.3, 0.4) is 0 Å². The first-order valence-electron chi connectivity index (χ1n) is 14.0. The molecule has 5 rings (SSSR count). The van der Waals surface area contributed by atoms with Gasteiger partial charge in [0.25, 0.3) is 5.91 Å². The van der Waals surface area contributed by atoms with E-state index in [-0.39, 0.29) is 30.0 Å². The lowest BCUT2D eigenvalue weighted by Gasteiger charge is -2.50. The summed E-state index contributed by atoms with van der Waals surface area (Å²) in [7, 11) is 2.96. The number of phenols is 1. The topological polar surface area (TPSA) is 174 Å². The smallest absolute Gasteiger partial charge is 0.510 e. The van der Waals surface area contributed by atoms with E-state index in [0.29, 0.717) is 19.4 Å². The summed E-state index contributed by atoms with van der Waals surface area (Å²) in [5.74, 6) is -9.29. The molecule has 1 aromatic rings. The van der Waals surface area contributed by atoms with Gasteiger partial charge in [0, 0.05) is 34.7 Å². The fourth-order valence-corrected chi connectivity index (χ4v) is 7.55. The van der Waals surface area contributed by atoms with Gasteiger partial charge in [0.05, 0.1) is 11.6 Å². The molecule has 1 aromatic carbocycles. The number of aromatic hydroxyl groups is 1. The fraction of sp³-hybridized carbons (Fsp3) is 0.552. The number of nitrogens with two attached hydrogens (primary N) is 1. The number of carbonyl (C=O) groups excluding carboxylic acids is 3. The lowest BCUT2D eigenvalue weighted by molar-refractivity contribution is -0.275. The summed E-state index contributed by atoms with van der Waals surface area (Å²) in [6.07, 6.45) is -4.54. The van der Waals surface area contributed by atoms with Gasteiger partial charge in [0.1, 0.15) is 28.6 Å². The number of nitrogens with zero attached hydrogens (tertiary/aromatic N) is 2. The second-order valence-corrected chi connectivity index (χ2v) is 12.2. The number of ether oxygens (including phenoxy) is 1. The minimum atomic E-state index is -5.14. The number of hydrogen-bond acceptors (Lipinski definition) is 10. The van der Waals surface area contributed by atoms with Crippen LogP contribution in [0.4, 0.5) is 13.2 Å². The molecule has 11 nitrogen and oxygen atoms in total. The van der Waals surface area contributed by atoms with Crippen molar-refractivity contribution < 1.29 is 52.7 Å². The van der Waals surface area contributed by atoms with Crippen molar-refractivity contribution >= 4 is 17.5 Å². The Morgan fingerprint density at radius 2 is 1.86 bits per heavy atom. The molecular formula is C29H34F3N3O8. The molecular weight excluding hydrogens is 575 g/mol. The zero-order valence-corrected chi connectivity index (χ0v) is 24.0. The maximum atomic E-state index is 13.9. The number of halogens is 3. The highest BCUT2D eigenvalue weighted by Crippen LogP contribution is 2.55. The Bertz CT molecular complexity index is 1480. The normalized spacial score (nSPS) is 29.7. The molecule has 1 amide bonds. The largest absolute Gasteiger partial charge is 0.573 e. The van der Waals surface area contributed by atoms with Gasteiger partial charge in [-0.05, 0) is 72.2 Å². The summed E-state index contributed by atoms with van der Waals surface area (Å²) < 4.78 is 46.1. The van der Waals surface area contributed by atoms with Crippen molar-refractivity contribution in [3.05, 3.63) is 45.4 Å². The minimum Gasteiger partial charge on any atom is -0.510 e. The van der Waals surface area contributed by atoms with E-state index in [9.17, 15) is 48.0 Å². The standard InChI is InChI=1S/C29H34F3N3O8/c1-11(2)35-7-5-6-16(35)13-10-17(36)19-14(24(13)43-29(30,31)32)8-12-9-15-21(34(3)4)23(38)20(27(33)41)26(40)28(15,42)25(39)18(12)22(19)37/h10-12,15-16,21,36,38-39,42H,5-9H2,1-4H3,(H2,33,41)/t12-,15-,16?,21-,28-/m0/s1. The third-order valence-electron chi connectivity index (χ3n) is 9.24. The van der Waals surface area contributed by atoms with E-state index in [2.05, 4.69) is 4.74 Å². The Kier molecular flexibility index (Phi) is 7.34. The molecule has 0 saturated carbocycles. The lowest BCUT2D eigenvalue weighted by Crippen LogP contribution is -2.63. The van der Waals surface area contributed by atoms with Gasteiger partial charge >= 0.3 is 6.36 Å². The second-order valence-electron chi connectivity index (χ2n) is 12.2. The number of amides is 1. The fourth-order valence-electron chi connectivity index (χ4n) is 7.55. The van der Waals surface area contributed by atoms with Gasteiger partial charge in [-0.3, -0.25) is 24.2 Å². The van der Waals surface area contributed by atoms with Crippen LogP contribution in [0.25, 0.3) is 0 Å². The number of likely N-dealkylation sites (N-methyl/N-ethyl adjacent to an activating group) is 1. The minimum absolute atomic E-state index is 0.0358. The first-order chi connectivity index (χ1) is 19.9. The predicted molar refractivity (Wildman–Crippen MR) is 144 cm³/mol. The molecule has 4 aliphatic rings. The number of benzene rings is 1. The molecule has 1 unspecified atom stereocenters. The van der Waals surface area contributed by atoms with E-state index in [4.69, 9.17) is 5.73 Å². The average Bonchev–Trinajstić information content (AvgIpc) is 3.37. The van der Waals surface area contributed by atoms with Gasteiger partial charge < -0.3 is 30.9 Å². The Balaban J connectivity index is 1.73. The summed E-state index contributed by atoms with van der Waals surface area (Å²) in [5.41, 5.74) is 0.375. The highest BCUT2D eigenvalue weighted by Gasteiger charge is 2.63. The van der Waals surface area contributed by atoms with Crippen LogP contribution < -0.4 is 10.5 Å². The molecule has 234 valence electrons. The highest BCUT2D eigenvalue weighted by atomic mass is 19.4. The predicted octanol–water partition coefficient (Wildman–Crippen LogP) is 2.56. The summed E-state index contributed by atoms with van der Waals surface area (Å²) in [4.78, 5) is 42.8. The van der Waals surface area contributed by atoms with E-state index in [1.54, 1.807) is 0 Å². The first kappa shape index (κ1) is 30.8. The van der Waals surface area contributed by atoms with Crippen LogP contribution >= 0.6 is 0 Å². The van der Waals surface area contributed by atoms with Gasteiger partial charge in [0.15, 0.2) is 11.4 Å². The zero-order valence-electron chi connectivity index (χ0n) is 24.0. The van der Waals surface area contributed by atoms with Crippen molar-refractivity contribution in [2.45, 2.75) is 69.6 Å². The molecule has 6 N–H and O–H groups in total. The highest BCUT2D eigenvalue weighted by molar-refractivity contribution is 6.24. The number of aliphatic hydroxyl groups excluding tert-OH is 2. The van der Waals surface area contributed by atoms with E-state index < -0.39 is 93.1 Å². The third-order valence-corrected chi connectivity index (χ3v) is 9.24. The number of primary amides is 1. The maximum Gasteiger partial charge on any atom is 0.573 e. The van der Waals surface area contributed by atoms with Crippen LogP contribution in [0.15, 0.2) is 28.7 Å². The molecule has 14 heteroatoms. The summed E-state index contributed by atoms with van der Waals surface area (Å²) >= 11 is 0. The Morgan fingerprint density at radius 1 is 1.21 bits per heavy atom. The van der Waals surface area contributed by atoms with E-state index in [1.165, 1.54) is 19.0 Å². The van der Waals surface area contributed by atoms with Crippen LogP contribution in [0.5, 0.6) is 11.5 Å². The van der Waals surface area contributed by atoms with Crippen molar-refractivity contribution in [3.8, 4) is 11.5 Å². The van der Waals surface area contributed by atoms with Crippen molar-refractivity contribution in [2.24, 2.45) is 17.6 Å². The zero-order chi connectivity index (χ0) is 31.9. The molecule has 1 aliphatic heterocycles. The van der Waals surface area contributed by atoms with Gasteiger partial charge in [-0.1, -0.05) is 0 Å². The molecule has 5 atom stereocenters. The molecule has 43 heavy (non-hydrogen) atoms. The number of aliphatic hydroxyl groups is 3. The van der Waals surface area contributed by atoms with Crippen molar-refractivity contribution in [3.63, 3.8) is 0 Å². The number of phenolic OH excluding ortho intramolecular Hbond substituents is 1. The molecule has 3 aliphatic carbocycles. The Morgan fingerprint density at radius 3 is 2.42 bits per heavy atom. The summed E-state index contributed by atoms with van der Waals surface area (Å²) in [6.45, 7) is 4.40. The number of ketones is 2. The van der Waals surface area contributed by atoms with Gasteiger partial charge in [-0.25, -0.2) is 0 Å². The molecule has 1 saturated heterocycles. The number of likely N-dealkylation sites (tertiary alicyclic amines) is 1. The van der Waals surface area contributed by atoms with Crippen LogP contribution in [0.2, 0.25) is 0 Å². The van der Waals surface area contributed by atoms with Gasteiger partial charge in [-0.2, -0.15) is 0 Å². The summed E-state index contributed by atoms with van der Waals surface area (Å²) in [6, 6.07) is -0.726. The van der Waals surface area contributed by atoms with Gasteiger partial charge in [0.2, 0.25) is 5.78 Å². The van der Waals surface area contributed by atoms with Crippen LogP contribution in [0, 0.1) is 11.8 Å². The quantitative estimate of drug-likeness (QED) is 0.312. The van der Waals surface area contributed by atoms with E-state index >= 15 is 0 Å². The number of fused-ring (bicyclic) bond motifs is 3. The van der Waals surface area contributed by atoms with Gasteiger partial charge in [-0.15, -0.1) is 13.2 Å². The number of hydrogen-bond donors (Lipinski definition) is 5. The second kappa shape index (κ2) is 10.2.